The number of nitrogens with two attached hydrogens (primary N) is 2. The van der Waals surface area contributed by atoms with Crippen LogP contribution in [0.1, 0.15) is 16.7 Å². The topological polar surface area (TPSA) is 52.0 Å². The predicted molar refractivity (Wildman–Crippen MR) is 61.2 cm³/mol. The molecule has 0 spiro atoms. The summed E-state index contributed by atoms with van der Waals surface area (Å²) in [5.74, 6) is 0.412. The molecule has 78 valence electrons. The number of hydrogen-bond donors (Lipinski definition) is 2. The van der Waals surface area contributed by atoms with Gasteiger partial charge in [-0.25, -0.2) is 0 Å². The molecule has 2 nitrogen and oxygen atoms in total. The maximum absolute atomic E-state index is 5.64. The van der Waals surface area contributed by atoms with Gasteiger partial charge in [-0.3, -0.25) is 0 Å². The molecule has 0 saturated carbocycles. The van der Waals surface area contributed by atoms with Crippen molar-refractivity contribution in [2.75, 3.05) is 13.1 Å². The van der Waals surface area contributed by atoms with E-state index in [1.54, 1.807) is 0 Å². The maximum Gasteiger partial charge on any atom is -0.00336 e. The summed E-state index contributed by atoms with van der Waals surface area (Å²) in [4.78, 5) is 0. The van der Waals surface area contributed by atoms with E-state index >= 15 is 0 Å². The van der Waals surface area contributed by atoms with Crippen LogP contribution in [0.2, 0.25) is 0 Å². The summed E-state index contributed by atoms with van der Waals surface area (Å²) in [5.41, 5.74) is 15.4. The average Bonchev–Trinajstić information content (AvgIpc) is 2.20. The molecule has 0 aliphatic rings. The Labute approximate surface area is 86.3 Å². The lowest BCUT2D eigenvalue weighted by molar-refractivity contribution is 0.547. The highest BCUT2D eigenvalue weighted by atomic mass is 14.6. The van der Waals surface area contributed by atoms with E-state index < -0.39 is 0 Å². The molecule has 0 aromatic heterocycles. The van der Waals surface area contributed by atoms with Crippen LogP contribution in [0.15, 0.2) is 18.2 Å². The molecule has 0 amide bonds. The van der Waals surface area contributed by atoms with E-state index in [-0.39, 0.29) is 0 Å². The summed E-state index contributed by atoms with van der Waals surface area (Å²) in [6, 6.07) is 6.40. The number of aryl methyl sites for hydroxylation is 1. The molecule has 14 heavy (non-hydrogen) atoms. The minimum absolute atomic E-state index is 0.412. The van der Waals surface area contributed by atoms with Crippen molar-refractivity contribution in [1.82, 2.24) is 0 Å². The summed E-state index contributed by atoms with van der Waals surface area (Å²) in [7, 11) is 0. The zero-order chi connectivity index (χ0) is 10.6. The van der Waals surface area contributed by atoms with Gasteiger partial charge >= 0.3 is 0 Å². The van der Waals surface area contributed by atoms with Crippen LogP contribution >= 0.6 is 0 Å². The molecule has 0 atom stereocenters. The van der Waals surface area contributed by atoms with Gasteiger partial charge in [0, 0.05) is 0 Å². The van der Waals surface area contributed by atoms with Crippen LogP contribution in [0.4, 0.5) is 0 Å². The molecular formula is C12H20N2. The van der Waals surface area contributed by atoms with Gasteiger partial charge in [0.2, 0.25) is 0 Å². The minimum atomic E-state index is 0.412. The smallest absolute Gasteiger partial charge is 0.00336 e. The second kappa shape index (κ2) is 5.13. The van der Waals surface area contributed by atoms with Crippen molar-refractivity contribution in [3.63, 3.8) is 0 Å². The van der Waals surface area contributed by atoms with Crippen molar-refractivity contribution in [1.29, 1.82) is 0 Å². The third-order valence-electron chi connectivity index (χ3n) is 2.89. The quantitative estimate of drug-likeness (QED) is 0.757. The molecule has 1 rings (SSSR count). The highest BCUT2D eigenvalue weighted by Crippen LogP contribution is 2.15. The van der Waals surface area contributed by atoms with Gasteiger partial charge in [-0.2, -0.15) is 0 Å². The summed E-state index contributed by atoms with van der Waals surface area (Å²) in [5, 5.41) is 0. The van der Waals surface area contributed by atoms with Gasteiger partial charge in [-0.05, 0) is 56.0 Å². The van der Waals surface area contributed by atoms with Gasteiger partial charge in [-0.1, -0.05) is 18.2 Å². The van der Waals surface area contributed by atoms with E-state index in [4.69, 9.17) is 11.5 Å². The van der Waals surface area contributed by atoms with Crippen LogP contribution in [-0.4, -0.2) is 13.1 Å². The lowest BCUT2D eigenvalue weighted by Gasteiger charge is -2.14. The van der Waals surface area contributed by atoms with E-state index in [9.17, 15) is 0 Å². The van der Waals surface area contributed by atoms with Crippen molar-refractivity contribution in [2.24, 2.45) is 17.4 Å². The van der Waals surface area contributed by atoms with Gasteiger partial charge in [0.25, 0.3) is 0 Å². The van der Waals surface area contributed by atoms with Crippen molar-refractivity contribution < 1.29 is 0 Å². The number of hydrogen-bond acceptors (Lipinski definition) is 2. The Bertz CT molecular complexity index is 290. The Hall–Kier alpha value is -0.860. The molecule has 1 aromatic carbocycles. The van der Waals surface area contributed by atoms with E-state index in [1.165, 1.54) is 16.7 Å². The maximum atomic E-state index is 5.64. The Morgan fingerprint density at radius 3 is 2.36 bits per heavy atom. The molecule has 0 unspecified atom stereocenters. The van der Waals surface area contributed by atoms with Gasteiger partial charge in [-0.15, -0.1) is 0 Å². The first kappa shape index (κ1) is 11.2. The highest BCUT2D eigenvalue weighted by molar-refractivity contribution is 5.33. The monoisotopic (exact) mass is 192 g/mol. The predicted octanol–water partition coefficient (Wildman–Crippen LogP) is 1.38. The summed E-state index contributed by atoms with van der Waals surface area (Å²) in [6.45, 7) is 5.64. The Kier molecular flexibility index (Phi) is 4.11. The zero-order valence-corrected chi connectivity index (χ0v) is 9.09. The molecule has 0 radical (unpaired) electrons. The molecule has 0 saturated heterocycles. The molecular weight excluding hydrogens is 172 g/mol. The summed E-state index contributed by atoms with van der Waals surface area (Å²) >= 11 is 0. The molecule has 0 heterocycles. The first-order valence-electron chi connectivity index (χ1n) is 5.14. The largest absolute Gasteiger partial charge is 0.330 e. The number of rotatable bonds is 4. The lowest BCUT2D eigenvalue weighted by atomic mass is 9.94. The van der Waals surface area contributed by atoms with Gasteiger partial charge in [0.1, 0.15) is 0 Å². The standard InChI is InChI=1S/C12H20N2/c1-9-4-3-5-12(10(9)2)6-11(7-13)8-14/h3-5,11H,6-8,13-14H2,1-2H3. The van der Waals surface area contributed by atoms with Crippen LogP contribution in [0.5, 0.6) is 0 Å². The third kappa shape index (κ3) is 2.56. The van der Waals surface area contributed by atoms with Crippen LogP contribution in [0, 0.1) is 19.8 Å². The number of benzene rings is 1. The third-order valence-corrected chi connectivity index (χ3v) is 2.89. The van der Waals surface area contributed by atoms with Crippen LogP contribution in [0.25, 0.3) is 0 Å². The molecule has 0 fully saturated rings. The fraction of sp³-hybridized carbons (Fsp3) is 0.500. The van der Waals surface area contributed by atoms with E-state index in [0.717, 1.165) is 6.42 Å². The van der Waals surface area contributed by atoms with Gasteiger partial charge < -0.3 is 11.5 Å². The van der Waals surface area contributed by atoms with E-state index in [2.05, 4.69) is 32.0 Å². The van der Waals surface area contributed by atoms with Crippen LogP contribution in [0.3, 0.4) is 0 Å². The molecule has 2 heteroatoms. The summed E-state index contributed by atoms with van der Waals surface area (Å²) in [6.07, 6.45) is 1.00. The molecule has 4 N–H and O–H groups in total. The van der Waals surface area contributed by atoms with Crippen molar-refractivity contribution in [3.8, 4) is 0 Å². The Morgan fingerprint density at radius 1 is 1.14 bits per heavy atom. The molecule has 0 aliphatic heterocycles. The molecule has 0 aliphatic carbocycles. The normalized spacial score (nSPS) is 10.9. The second-order valence-electron chi connectivity index (χ2n) is 3.90. The van der Waals surface area contributed by atoms with Gasteiger partial charge in [0.15, 0.2) is 0 Å². The van der Waals surface area contributed by atoms with Crippen molar-refractivity contribution in [2.45, 2.75) is 20.3 Å². The Balaban J connectivity index is 2.80. The second-order valence-corrected chi connectivity index (χ2v) is 3.90. The first-order valence-corrected chi connectivity index (χ1v) is 5.14. The SMILES string of the molecule is Cc1cccc(CC(CN)CN)c1C. The fourth-order valence-electron chi connectivity index (χ4n) is 1.61. The van der Waals surface area contributed by atoms with E-state index in [0.29, 0.717) is 19.0 Å². The first-order chi connectivity index (χ1) is 6.69. The van der Waals surface area contributed by atoms with Crippen LogP contribution in [-0.2, 0) is 6.42 Å². The van der Waals surface area contributed by atoms with E-state index in [1.807, 2.05) is 0 Å². The van der Waals surface area contributed by atoms with Crippen molar-refractivity contribution in [3.05, 3.63) is 34.9 Å². The molecule has 0 bridgehead atoms. The Morgan fingerprint density at radius 2 is 1.79 bits per heavy atom. The molecule has 1 aromatic rings. The van der Waals surface area contributed by atoms with Crippen LogP contribution < -0.4 is 11.5 Å². The minimum Gasteiger partial charge on any atom is -0.330 e. The highest BCUT2D eigenvalue weighted by Gasteiger charge is 2.08. The summed E-state index contributed by atoms with van der Waals surface area (Å²) < 4.78 is 0. The zero-order valence-electron chi connectivity index (χ0n) is 9.09. The van der Waals surface area contributed by atoms with Crippen molar-refractivity contribution >= 4 is 0 Å². The average molecular weight is 192 g/mol. The fourth-order valence-corrected chi connectivity index (χ4v) is 1.61. The lowest BCUT2D eigenvalue weighted by Crippen LogP contribution is -2.25. The van der Waals surface area contributed by atoms with Gasteiger partial charge in [0.05, 0.1) is 0 Å².